The summed E-state index contributed by atoms with van der Waals surface area (Å²) in [7, 11) is 1.60. The van der Waals surface area contributed by atoms with Crippen molar-refractivity contribution in [2.75, 3.05) is 18.6 Å². The van der Waals surface area contributed by atoms with E-state index in [1.807, 2.05) is 37.3 Å². The number of rotatable bonds is 9. The number of nitrogens with one attached hydrogen (secondary N) is 1. The second-order valence-corrected chi connectivity index (χ2v) is 5.76. The molecule has 2 atom stereocenters. The lowest BCUT2D eigenvalue weighted by molar-refractivity contribution is -0.138. The second kappa shape index (κ2) is 10.1. The summed E-state index contributed by atoms with van der Waals surface area (Å²) >= 11 is 1.40. The lowest BCUT2D eigenvalue weighted by Gasteiger charge is -2.15. The van der Waals surface area contributed by atoms with E-state index in [4.69, 9.17) is 14.6 Å². The zero-order chi connectivity index (χ0) is 16.4. The summed E-state index contributed by atoms with van der Waals surface area (Å²) in [6, 6.07) is 8.20. The van der Waals surface area contributed by atoms with Crippen molar-refractivity contribution in [3.8, 4) is 0 Å². The van der Waals surface area contributed by atoms with Crippen molar-refractivity contribution in [2.45, 2.75) is 25.7 Å². The Labute approximate surface area is 134 Å². The number of thioether (sulfide) groups is 1. The molecule has 2 unspecified atom stereocenters. The Balaban J connectivity index is 2.35. The van der Waals surface area contributed by atoms with Crippen LogP contribution in [0, 0.1) is 0 Å². The topological polar surface area (TPSA) is 84.9 Å². The highest BCUT2D eigenvalue weighted by Crippen LogP contribution is 2.08. The number of carbonyl (C=O) groups is 2. The van der Waals surface area contributed by atoms with Gasteiger partial charge < -0.3 is 19.9 Å². The van der Waals surface area contributed by atoms with Crippen molar-refractivity contribution in [2.24, 2.45) is 0 Å². The van der Waals surface area contributed by atoms with E-state index in [1.165, 1.54) is 11.8 Å². The van der Waals surface area contributed by atoms with Gasteiger partial charge in [0.15, 0.2) is 0 Å². The maximum Gasteiger partial charge on any atom is 0.408 e. The molecule has 122 valence electrons. The van der Waals surface area contributed by atoms with E-state index in [9.17, 15) is 9.59 Å². The number of carboxylic acids is 1. The summed E-state index contributed by atoms with van der Waals surface area (Å²) in [5.41, 5.74) is 0.841. The molecule has 22 heavy (non-hydrogen) atoms. The van der Waals surface area contributed by atoms with Gasteiger partial charge in [0, 0.05) is 18.6 Å². The molecule has 6 nitrogen and oxygen atoms in total. The molecule has 0 aromatic heterocycles. The highest BCUT2D eigenvalue weighted by molar-refractivity contribution is 7.99. The highest BCUT2D eigenvalue weighted by Gasteiger charge is 2.21. The molecule has 1 rings (SSSR count). The summed E-state index contributed by atoms with van der Waals surface area (Å²) < 4.78 is 10.1. The Morgan fingerprint density at radius 2 is 1.95 bits per heavy atom. The van der Waals surface area contributed by atoms with E-state index in [2.05, 4.69) is 5.32 Å². The zero-order valence-corrected chi connectivity index (χ0v) is 13.5. The van der Waals surface area contributed by atoms with Gasteiger partial charge in [-0.2, -0.15) is 11.8 Å². The van der Waals surface area contributed by atoms with Crippen molar-refractivity contribution in [3.05, 3.63) is 35.9 Å². The Hall–Kier alpha value is -1.73. The minimum atomic E-state index is -1.09. The third kappa shape index (κ3) is 7.33. The third-order valence-corrected chi connectivity index (χ3v) is 4.12. The normalized spacial score (nSPS) is 13.2. The summed E-state index contributed by atoms with van der Waals surface area (Å²) in [5.74, 6) is -0.181. The molecule has 1 amide bonds. The number of hydrogen-bond acceptors (Lipinski definition) is 5. The first kappa shape index (κ1) is 18.3. The molecule has 0 radical (unpaired) electrons. The van der Waals surface area contributed by atoms with Gasteiger partial charge in [-0.15, -0.1) is 0 Å². The van der Waals surface area contributed by atoms with E-state index in [-0.39, 0.29) is 18.5 Å². The molecule has 7 heteroatoms. The van der Waals surface area contributed by atoms with Gasteiger partial charge in [-0.25, -0.2) is 9.59 Å². The molecular formula is C15H21NO5S. The lowest BCUT2D eigenvalue weighted by atomic mass is 10.2. The van der Waals surface area contributed by atoms with Crippen molar-refractivity contribution < 1.29 is 24.2 Å². The monoisotopic (exact) mass is 327 g/mol. The SMILES string of the molecule is COC(C)CSCC(NC(=O)OCc1ccccc1)C(=O)O. The van der Waals surface area contributed by atoms with Crippen molar-refractivity contribution in [1.29, 1.82) is 0 Å². The van der Waals surface area contributed by atoms with E-state index in [0.717, 1.165) is 5.56 Å². The Morgan fingerprint density at radius 1 is 1.27 bits per heavy atom. The first-order chi connectivity index (χ1) is 10.5. The van der Waals surface area contributed by atoms with Crippen LogP contribution in [0.1, 0.15) is 12.5 Å². The van der Waals surface area contributed by atoms with Gasteiger partial charge in [0.2, 0.25) is 0 Å². The molecule has 0 aliphatic carbocycles. The average molecular weight is 327 g/mol. The average Bonchev–Trinajstić information content (AvgIpc) is 2.52. The van der Waals surface area contributed by atoms with Crippen molar-refractivity contribution in [1.82, 2.24) is 5.32 Å². The molecule has 0 aliphatic rings. The lowest BCUT2D eigenvalue weighted by Crippen LogP contribution is -2.43. The fraction of sp³-hybridized carbons (Fsp3) is 0.467. The van der Waals surface area contributed by atoms with Gasteiger partial charge in [-0.3, -0.25) is 0 Å². The van der Waals surface area contributed by atoms with Gasteiger partial charge in [0.05, 0.1) is 6.10 Å². The zero-order valence-electron chi connectivity index (χ0n) is 12.7. The quantitative estimate of drug-likeness (QED) is 0.723. The third-order valence-electron chi connectivity index (χ3n) is 2.84. The number of carbonyl (C=O) groups excluding carboxylic acids is 1. The molecule has 0 aliphatic heterocycles. The van der Waals surface area contributed by atoms with Gasteiger partial charge in [0.25, 0.3) is 0 Å². The molecule has 0 spiro atoms. The minimum absolute atomic E-state index is 0.0319. The number of aliphatic carboxylic acids is 1. The molecule has 0 saturated heterocycles. The molecule has 2 N–H and O–H groups in total. The molecule has 0 fully saturated rings. The Bertz CT molecular complexity index is 468. The number of alkyl carbamates (subject to hydrolysis) is 1. The fourth-order valence-corrected chi connectivity index (χ4v) is 2.57. The van der Waals surface area contributed by atoms with Crippen LogP contribution in [0.2, 0.25) is 0 Å². The smallest absolute Gasteiger partial charge is 0.408 e. The van der Waals surface area contributed by atoms with Gasteiger partial charge in [-0.05, 0) is 12.5 Å². The fourth-order valence-electron chi connectivity index (χ4n) is 1.50. The molecule has 0 heterocycles. The summed E-state index contributed by atoms with van der Waals surface area (Å²) in [6.45, 7) is 2.00. The van der Waals surface area contributed by atoms with Crippen molar-refractivity contribution in [3.63, 3.8) is 0 Å². The van der Waals surface area contributed by atoms with Gasteiger partial charge in [-0.1, -0.05) is 30.3 Å². The molecule has 0 bridgehead atoms. The van der Waals surface area contributed by atoms with Gasteiger partial charge >= 0.3 is 12.1 Å². The number of ether oxygens (including phenoxy) is 2. The van der Waals surface area contributed by atoms with Crippen LogP contribution in [0.25, 0.3) is 0 Å². The van der Waals surface area contributed by atoms with E-state index < -0.39 is 18.1 Å². The van der Waals surface area contributed by atoms with Gasteiger partial charge in [0.1, 0.15) is 12.6 Å². The number of methoxy groups -OCH3 is 1. The Morgan fingerprint density at radius 3 is 2.55 bits per heavy atom. The first-order valence-corrected chi connectivity index (χ1v) is 7.99. The first-order valence-electron chi connectivity index (χ1n) is 6.83. The van der Waals surface area contributed by atoms with Crippen molar-refractivity contribution >= 4 is 23.8 Å². The van der Waals surface area contributed by atoms with Crippen LogP contribution in [-0.4, -0.2) is 47.9 Å². The highest BCUT2D eigenvalue weighted by atomic mass is 32.2. The number of amides is 1. The number of carboxylic acid groups (broad SMARTS) is 1. The van der Waals surface area contributed by atoms with E-state index >= 15 is 0 Å². The summed E-state index contributed by atoms with van der Waals surface area (Å²) in [6.07, 6.45) is -0.707. The summed E-state index contributed by atoms with van der Waals surface area (Å²) in [5, 5.41) is 11.5. The predicted octanol–water partition coefficient (Wildman–Crippen LogP) is 2.13. The van der Waals surface area contributed by atoms with Crippen LogP contribution in [0.5, 0.6) is 0 Å². The van der Waals surface area contributed by atoms with Crippen LogP contribution in [0.3, 0.4) is 0 Å². The van der Waals surface area contributed by atoms with Crippen LogP contribution < -0.4 is 5.32 Å². The van der Waals surface area contributed by atoms with E-state index in [1.54, 1.807) is 7.11 Å². The maximum absolute atomic E-state index is 11.7. The molecule has 1 aromatic carbocycles. The minimum Gasteiger partial charge on any atom is -0.480 e. The standard InChI is InChI=1S/C15H21NO5S/c1-11(20-2)9-22-10-13(14(17)18)16-15(19)21-8-12-6-4-3-5-7-12/h3-7,11,13H,8-10H2,1-2H3,(H,16,19)(H,17,18). The maximum atomic E-state index is 11.7. The van der Waals surface area contributed by atoms with Crippen LogP contribution in [0.15, 0.2) is 30.3 Å². The van der Waals surface area contributed by atoms with E-state index in [0.29, 0.717) is 5.75 Å². The Kier molecular flexibility index (Phi) is 8.39. The van der Waals surface area contributed by atoms with Crippen LogP contribution in [0.4, 0.5) is 4.79 Å². The molecule has 1 aromatic rings. The number of hydrogen-bond donors (Lipinski definition) is 2. The van der Waals surface area contributed by atoms with Crippen LogP contribution in [-0.2, 0) is 20.9 Å². The predicted molar refractivity (Wildman–Crippen MR) is 85.0 cm³/mol. The second-order valence-electron chi connectivity index (χ2n) is 4.68. The molecular weight excluding hydrogens is 306 g/mol. The number of benzene rings is 1. The molecule has 0 saturated carbocycles. The summed E-state index contributed by atoms with van der Waals surface area (Å²) in [4.78, 5) is 22.8. The largest absolute Gasteiger partial charge is 0.480 e. The van der Waals surface area contributed by atoms with Crippen LogP contribution >= 0.6 is 11.8 Å².